The van der Waals surface area contributed by atoms with E-state index in [-0.39, 0.29) is 17.2 Å². The average Bonchev–Trinajstić information content (AvgIpc) is 2.44. The lowest BCUT2D eigenvalue weighted by Crippen LogP contribution is -2.13. The Balaban J connectivity index is 2.19. The normalized spacial score (nSPS) is 11.3. The van der Waals surface area contributed by atoms with Gasteiger partial charge in [-0.1, -0.05) is 28.8 Å². The number of phenolic OH excluding ortho intramolecular Hbond substituents is 1. The van der Waals surface area contributed by atoms with Crippen LogP contribution in [0, 0.1) is 13.8 Å². The Morgan fingerprint density at radius 3 is 2.41 bits per heavy atom. The van der Waals surface area contributed by atoms with Crippen molar-refractivity contribution in [3.05, 3.63) is 70.0 Å². The highest BCUT2D eigenvalue weighted by molar-refractivity contribution is 6.30. The number of nitrogens with two attached hydrogens (primary N) is 1. The number of benzene rings is 2. The third-order valence-electron chi connectivity index (χ3n) is 3.09. The van der Waals surface area contributed by atoms with Gasteiger partial charge in [0.05, 0.1) is 11.4 Å². The zero-order valence-corrected chi connectivity index (χ0v) is 13.1. The lowest BCUT2D eigenvalue weighted by molar-refractivity contribution is 0.103. The molecule has 5 heteroatoms. The maximum absolute atomic E-state index is 12.3. The first-order valence-corrected chi connectivity index (χ1v) is 7.08. The second-order valence-corrected chi connectivity index (χ2v) is 5.55. The van der Waals surface area contributed by atoms with E-state index in [1.165, 1.54) is 12.3 Å². The molecule has 2 rings (SSSR count). The molecule has 22 heavy (non-hydrogen) atoms. The number of allylic oxidation sites excluding steroid dienone is 1. The third-order valence-corrected chi connectivity index (χ3v) is 3.32. The summed E-state index contributed by atoms with van der Waals surface area (Å²) in [6.07, 6.45) is 1.36. The van der Waals surface area contributed by atoms with Crippen LogP contribution < -0.4 is 11.1 Å². The highest BCUT2D eigenvalue weighted by Crippen LogP contribution is 2.26. The predicted octanol–water partition coefficient (Wildman–Crippen LogP) is 3.76. The zero-order chi connectivity index (χ0) is 16.3. The quantitative estimate of drug-likeness (QED) is 0.456. The number of carbonyl (C=O) groups excluding carboxylic acids is 1. The molecule has 0 heterocycles. The standard InChI is InChI=1S/C17H17ClN2O2/c1-10-5-11(2)7-12(6-10)17(22)14(19)9-20-15-4-3-13(18)8-16(15)21/h3-9,20-21H,19H2,1-2H3/b14-9-. The number of carbonyl (C=O) groups is 1. The molecule has 0 atom stereocenters. The van der Waals surface area contributed by atoms with Crippen LogP contribution in [0.25, 0.3) is 0 Å². The van der Waals surface area contributed by atoms with Gasteiger partial charge in [0.15, 0.2) is 0 Å². The highest BCUT2D eigenvalue weighted by Gasteiger charge is 2.10. The predicted molar refractivity (Wildman–Crippen MR) is 89.3 cm³/mol. The highest BCUT2D eigenvalue weighted by atomic mass is 35.5. The summed E-state index contributed by atoms with van der Waals surface area (Å²) < 4.78 is 0. The Bertz CT molecular complexity index is 734. The first-order chi connectivity index (χ1) is 10.4. The van der Waals surface area contributed by atoms with Gasteiger partial charge in [0.25, 0.3) is 0 Å². The molecule has 0 spiro atoms. The SMILES string of the molecule is Cc1cc(C)cc(C(=O)/C(N)=C/Nc2ccc(Cl)cc2O)c1. The van der Waals surface area contributed by atoms with E-state index in [1.54, 1.807) is 24.3 Å². The van der Waals surface area contributed by atoms with E-state index < -0.39 is 0 Å². The largest absolute Gasteiger partial charge is 0.506 e. The summed E-state index contributed by atoms with van der Waals surface area (Å²) in [4.78, 5) is 12.3. The molecule has 0 saturated heterocycles. The molecule has 114 valence electrons. The fourth-order valence-corrected chi connectivity index (χ4v) is 2.29. The Kier molecular flexibility index (Phi) is 4.73. The van der Waals surface area contributed by atoms with E-state index >= 15 is 0 Å². The molecule has 2 aromatic rings. The molecule has 0 amide bonds. The van der Waals surface area contributed by atoms with Gasteiger partial charge in [0.2, 0.25) is 5.78 Å². The minimum atomic E-state index is -0.271. The number of Topliss-reactive ketones (excluding diaryl/α,β-unsaturated/α-hetero) is 1. The number of aromatic hydroxyl groups is 1. The topological polar surface area (TPSA) is 75.4 Å². The van der Waals surface area contributed by atoms with Crippen molar-refractivity contribution in [2.24, 2.45) is 5.73 Å². The van der Waals surface area contributed by atoms with Crippen molar-refractivity contribution in [2.75, 3.05) is 5.32 Å². The van der Waals surface area contributed by atoms with Crippen molar-refractivity contribution in [1.29, 1.82) is 0 Å². The Morgan fingerprint density at radius 1 is 1.18 bits per heavy atom. The maximum Gasteiger partial charge on any atom is 0.210 e. The van der Waals surface area contributed by atoms with Crippen molar-refractivity contribution in [1.82, 2.24) is 0 Å². The van der Waals surface area contributed by atoms with Crippen molar-refractivity contribution < 1.29 is 9.90 Å². The lowest BCUT2D eigenvalue weighted by atomic mass is 10.0. The fourth-order valence-electron chi connectivity index (χ4n) is 2.12. The van der Waals surface area contributed by atoms with Crippen LogP contribution in [-0.4, -0.2) is 10.9 Å². The van der Waals surface area contributed by atoms with Gasteiger partial charge in [0, 0.05) is 22.9 Å². The molecule has 4 N–H and O–H groups in total. The molecule has 0 bridgehead atoms. The number of hydrogen-bond acceptors (Lipinski definition) is 4. The average molecular weight is 317 g/mol. The first kappa shape index (κ1) is 15.9. The number of ketones is 1. The molecule has 4 nitrogen and oxygen atoms in total. The molecule has 0 unspecified atom stereocenters. The van der Waals surface area contributed by atoms with E-state index in [0.717, 1.165) is 11.1 Å². The van der Waals surface area contributed by atoms with Crippen LogP contribution in [0.15, 0.2) is 48.3 Å². The van der Waals surface area contributed by atoms with Crippen LogP contribution in [0.3, 0.4) is 0 Å². The van der Waals surface area contributed by atoms with E-state index in [9.17, 15) is 9.90 Å². The van der Waals surface area contributed by atoms with Crippen LogP contribution in [0.2, 0.25) is 5.02 Å². The van der Waals surface area contributed by atoms with Gasteiger partial charge in [-0.05, 0) is 38.1 Å². The Morgan fingerprint density at radius 2 is 1.82 bits per heavy atom. The summed E-state index contributed by atoms with van der Waals surface area (Å²) in [6.45, 7) is 3.85. The number of rotatable bonds is 4. The number of phenols is 1. The number of anilines is 1. The minimum absolute atomic E-state index is 0.0181. The summed E-state index contributed by atoms with van der Waals surface area (Å²) in [7, 11) is 0. The van der Waals surface area contributed by atoms with Gasteiger partial charge >= 0.3 is 0 Å². The minimum Gasteiger partial charge on any atom is -0.506 e. The van der Waals surface area contributed by atoms with Gasteiger partial charge in [-0.3, -0.25) is 4.79 Å². The summed E-state index contributed by atoms with van der Waals surface area (Å²) >= 11 is 5.76. The second kappa shape index (κ2) is 6.54. The van der Waals surface area contributed by atoms with Crippen molar-refractivity contribution in [3.8, 4) is 5.75 Å². The van der Waals surface area contributed by atoms with E-state index in [2.05, 4.69) is 5.32 Å². The molecule has 0 aliphatic heterocycles. The van der Waals surface area contributed by atoms with E-state index in [0.29, 0.717) is 16.3 Å². The van der Waals surface area contributed by atoms with Crippen LogP contribution in [0.1, 0.15) is 21.5 Å². The second-order valence-electron chi connectivity index (χ2n) is 5.11. The van der Waals surface area contributed by atoms with Gasteiger partial charge in [-0.15, -0.1) is 0 Å². The van der Waals surface area contributed by atoms with E-state index in [1.807, 2.05) is 19.9 Å². The van der Waals surface area contributed by atoms with Gasteiger partial charge in [-0.2, -0.15) is 0 Å². The molecule has 0 aliphatic carbocycles. The number of halogens is 1. The monoisotopic (exact) mass is 316 g/mol. The molecule has 0 radical (unpaired) electrons. The van der Waals surface area contributed by atoms with Crippen molar-refractivity contribution in [2.45, 2.75) is 13.8 Å². The lowest BCUT2D eigenvalue weighted by Gasteiger charge is -2.07. The van der Waals surface area contributed by atoms with Gasteiger partial charge in [-0.25, -0.2) is 0 Å². The third kappa shape index (κ3) is 3.80. The smallest absolute Gasteiger partial charge is 0.210 e. The molecule has 0 saturated carbocycles. The molecule has 0 aromatic heterocycles. The molecule has 0 aliphatic rings. The zero-order valence-electron chi connectivity index (χ0n) is 12.4. The first-order valence-electron chi connectivity index (χ1n) is 6.70. The summed E-state index contributed by atoms with van der Waals surface area (Å²) in [5.74, 6) is -0.289. The number of hydrogen-bond donors (Lipinski definition) is 3. The van der Waals surface area contributed by atoms with Crippen LogP contribution in [-0.2, 0) is 0 Å². The molecular weight excluding hydrogens is 300 g/mol. The maximum atomic E-state index is 12.3. The summed E-state index contributed by atoms with van der Waals surface area (Å²) in [5.41, 5.74) is 8.83. The molecule has 2 aromatic carbocycles. The summed E-state index contributed by atoms with van der Waals surface area (Å²) in [5, 5.41) is 13.0. The van der Waals surface area contributed by atoms with Crippen LogP contribution in [0.5, 0.6) is 5.75 Å². The van der Waals surface area contributed by atoms with Crippen LogP contribution >= 0.6 is 11.6 Å². The molecular formula is C17H17ClN2O2. The Hall–Kier alpha value is -2.46. The number of nitrogens with one attached hydrogen (secondary N) is 1. The van der Waals surface area contributed by atoms with Crippen molar-refractivity contribution >= 4 is 23.1 Å². The van der Waals surface area contributed by atoms with Gasteiger partial charge in [0.1, 0.15) is 5.75 Å². The molecule has 0 fully saturated rings. The summed E-state index contributed by atoms with van der Waals surface area (Å²) in [6, 6.07) is 10.2. The van der Waals surface area contributed by atoms with Gasteiger partial charge < -0.3 is 16.2 Å². The fraction of sp³-hybridized carbons (Fsp3) is 0.118. The Labute approximate surface area is 134 Å². The number of aryl methyl sites for hydroxylation is 2. The van der Waals surface area contributed by atoms with E-state index in [4.69, 9.17) is 17.3 Å². The van der Waals surface area contributed by atoms with Crippen LogP contribution in [0.4, 0.5) is 5.69 Å². The van der Waals surface area contributed by atoms with Crippen molar-refractivity contribution in [3.63, 3.8) is 0 Å².